The van der Waals surface area contributed by atoms with Crippen LogP contribution < -0.4 is 11.1 Å². The molecular formula is C28H23FN4O3. The predicted molar refractivity (Wildman–Crippen MR) is 136 cm³/mol. The number of aryl methyl sites for hydroxylation is 2. The summed E-state index contributed by atoms with van der Waals surface area (Å²) in [6, 6.07) is 15.6. The maximum absolute atomic E-state index is 13.6. The Morgan fingerprint density at radius 3 is 2.58 bits per heavy atom. The second kappa shape index (κ2) is 9.50. The van der Waals surface area contributed by atoms with Crippen LogP contribution in [0.3, 0.4) is 0 Å². The van der Waals surface area contributed by atoms with Gasteiger partial charge in [-0.25, -0.2) is 9.37 Å². The third-order valence-corrected chi connectivity index (χ3v) is 5.82. The van der Waals surface area contributed by atoms with Gasteiger partial charge in [0.1, 0.15) is 28.7 Å². The molecule has 36 heavy (non-hydrogen) atoms. The van der Waals surface area contributed by atoms with Crippen molar-refractivity contribution in [2.45, 2.75) is 20.4 Å². The van der Waals surface area contributed by atoms with E-state index in [1.165, 1.54) is 18.2 Å². The average Bonchev–Trinajstić information content (AvgIpc) is 3.44. The minimum absolute atomic E-state index is 0.196. The van der Waals surface area contributed by atoms with E-state index < -0.39 is 0 Å². The lowest BCUT2D eigenvalue weighted by molar-refractivity contribution is -0.116. The van der Waals surface area contributed by atoms with E-state index >= 15 is 0 Å². The van der Waals surface area contributed by atoms with Gasteiger partial charge in [0, 0.05) is 28.8 Å². The van der Waals surface area contributed by atoms with Crippen LogP contribution in [0.15, 0.2) is 75.8 Å². The Hall–Kier alpha value is -4.72. The number of nitrogens with one attached hydrogen (secondary N) is 1. The number of benzene rings is 2. The van der Waals surface area contributed by atoms with Gasteiger partial charge in [0.2, 0.25) is 5.91 Å². The van der Waals surface area contributed by atoms with Crippen LogP contribution in [-0.2, 0) is 11.3 Å². The standard InChI is InChI=1S/C28H23FN4O3/c1-16-27(17(2)36-33-16)20-11-21-12-23(15-32-26(34)10-4-18-3-9-25(30)31-14-18)35-28(21)24(13-20)19-5-7-22(29)8-6-19/h3-14H,15H2,1-2H3,(H2,30,31)(H,32,34). The zero-order valence-corrected chi connectivity index (χ0v) is 19.7. The minimum Gasteiger partial charge on any atom is -0.459 e. The second-order valence-electron chi connectivity index (χ2n) is 8.43. The lowest BCUT2D eigenvalue weighted by atomic mass is 9.96. The van der Waals surface area contributed by atoms with Crippen LogP contribution in [0.4, 0.5) is 10.2 Å². The monoisotopic (exact) mass is 482 g/mol. The number of hydrogen-bond acceptors (Lipinski definition) is 6. The Labute approximate surface area is 206 Å². The third-order valence-electron chi connectivity index (χ3n) is 5.82. The number of hydrogen-bond donors (Lipinski definition) is 2. The molecule has 0 atom stereocenters. The Bertz CT molecular complexity index is 1560. The highest BCUT2D eigenvalue weighted by Crippen LogP contribution is 2.38. The van der Waals surface area contributed by atoms with Crippen molar-refractivity contribution in [3.05, 3.63) is 95.5 Å². The molecule has 0 aliphatic rings. The zero-order chi connectivity index (χ0) is 25.2. The largest absolute Gasteiger partial charge is 0.459 e. The molecule has 0 fully saturated rings. The Balaban J connectivity index is 1.45. The highest BCUT2D eigenvalue weighted by Gasteiger charge is 2.18. The van der Waals surface area contributed by atoms with E-state index in [9.17, 15) is 9.18 Å². The van der Waals surface area contributed by atoms with Gasteiger partial charge in [-0.3, -0.25) is 4.79 Å². The maximum atomic E-state index is 13.6. The number of aromatic nitrogens is 2. The summed E-state index contributed by atoms with van der Waals surface area (Å²) in [5, 5.41) is 7.75. The molecule has 0 radical (unpaired) electrons. The van der Waals surface area contributed by atoms with Crippen molar-refractivity contribution in [1.29, 1.82) is 0 Å². The summed E-state index contributed by atoms with van der Waals surface area (Å²) >= 11 is 0. The summed E-state index contributed by atoms with van der Waals surface area (Å²) in [4.78, 5) is 16.3. The van der Waals surface area contributed by atoms with E-state index in [1.54, 1.807) is 36.5 Å². The first-order chi connectivity index (χ1) is 17.4. The van der Waals surface area contributed by atoms with E-state index in [1.807, 2.05) is 32.0 Å². The van der Waals surface area contributed by atoms with Crippen LogP contribution in [-0.4, -0.2) is 16.0 Å². The van der Waals surface area contributed by atoms with E-state index in [0.717, 1.165) is 38.9 Å². The van der Waals surface area contributed by atoms with Crippen molar-refractivity contribution in [3.63, 3.8) is 0 Å². The van der Waals surface area contributed by atoms with Crippen LogP contribution in [0.25, 0.3) is 39.3 Å². The van der Waals surface area contributed by atoms with Gasteiger partial charge >= 0.3 is 0 Å². The molecule has 5 aromatic rings. The Morgan fingerprint density at radius 1 is 1.08 bits per heavy atom. The van der Waals surface area contributed by atoms with Crippen molar-refractivity contribution in [3.8, 4) is 22.3 Å². The first kappa shape index (κ1) is 23.0. The first-order valence-electron chi connectivity index (χ1n) is 11.3. The number of carbonyl (C=O) groups is 1. The van der Waals surface area contributed by atoms with Crippen molar-refractivity contribution in [2.75, 3.05) is 5.73 Å². The molecule has 0 bridgehead atoms. The summed E-state index contributed by atoms with van der Waals surface area (Å²) in [6.45, 7) is 3.95. The van der Waals surface area contributed by atoms with Crippen molar-refractivity contribution < 1.29 is 18.1 Å². The molecular weight excluding hydrogens is 459 g/mol. The number of nitrogen functional groups attached to an aromatic ring is 1. The molecule has 5 rings (SSSR count). The number of nitrogens with two attached hydrogens (primary N) is 1. The molecule has 0 aliphatic heterocycles. The third kappa shape index (κ3) is 4.74. The van der Waals surface area contributed by atoms with Gasteiger partial charge in [-0.2, -0.15) is 0 Å². The van der Waals surface area contributed by atoms with Crippen LogP contribution in [0.5, 0.6) is 0 Å². The lowest BCUT2D eigenvalue weighted by Crippen LogP contribution is -2.19. The normalized spacial score (nSPS) is 11.4. The van der Waals surface area contributed by atoms with Gasteiger partial charge in [-0.1, -0.05) is 17.3 Å². The molecule has 8 heteroatoms. The highest BCUT2D eigenvalue weighted by atomic mass is 19.1. The van der Waals surface area contributed by atoms with Gasteiger partial charge in [-0.15, -0.1) is 0 Å². The number of rotatable bonds is 6. The first-order valence-corrected chi connectivity index (χ1v) is 11.3. The summed E-state index contributed by atoms with van der Waals surface area (Å²) in [7, 11) is 0. The van der Waals surface area contributed by atoms with Gasteiger partial charge < -0.3 is 20.0 Å². The number of pyridine rings is 1. The lowest BCUT2D eigenvalue weighted by Gasteiger charge is -2.07. The maximum Gasteiger partial charge on any atom is 0.244 e. The van der Waals surface area contributed by atoms with Crippen molar-refractivity contribution in [2.24, 2.45) is 0 Å². The van der Waals surface area contributed by atoms with Gasteiger partial charge in [0.05, 0.1) is 12.2 Å². The summed E-state index contributed by atoms with van der Waals surface area (Å²) in [5.74, 6) is 1.11. The van der Waals surface area contributed by atoms with E-state index in [0.29, 0.717) is 22.9 Å². The number of carbonyl (C=O) groups excluding carboxylic acids is 1. The molecule has 0 saturated heterocycles. The van der Waals surface area contributed by atoms with E-state index in [2.05, 4.69) is 15.5 Å². The van der Waals surface area contributed by atoms with Crippen LogP contribution in [0.2, 0.25) is 0 Å². The molecule has 2 aromatic carbocycles. The molecule has 1 amide bonds. The number of fused-ring (bicyclic) bond motifs is 1. The topological polar surface area (TPSA) is 107 Å². The number of anilines is 1. The molecule has 0 spiro atoms. The van der Waals surface area contributed by atoms with Crippen molar-refractivity contribution >= 4 is 28.8 Å². The predicted octanol–water partition coefficient (Wildman–Crippen LogP) is 5.82. The summed E-state index contributed by atoms with van der Waals surface area (Å²) in [6.07, 6.45) is 4.67. The smallest absolute Gasteiger partial charge is 0.244 e. The number of halogens is 1. The van der Waals surface area contributed by atoms with Gasteiger partial charge in [0.25, 0.3) is 0 Å². The fourth-order valence-corrected chi connectivity index (χ4v) is 4.10. The van der Waals surface area contributed by atoms with Gasteiger partial charge in [0.15, 0.2) is 0 Å². The van der Waals surface area contributed by atoms with Crippen LogP contribution in [0.1, 0.15) is 22.8 Å². The van der Waals surface area contributed by atoms with Crippen LogP contribution in [0, 0.1) is 19.7 Å². The molecule has 3 aromatic heterocycles. The average molecular weight is 483 g/mol. The fraction of sp³-hybridized carbons (Fsp3) is 0.107. The summed E-state index contributed by atoms with van der Waals surface area (Å²) < 4.78 is 25.1. The fourth-order valence-electron chi connectivity index (χ4n) is 4.10. The number of furan rings is 1. The molecule has 180 valence electrons. The quantitative estimate of drug-likeness (QED) is 0.296. The molecule has 3 heterocycles. The van der Waals surface area contributed by atoms with E-state index in [-0.39, 0.29) is 18.3 Å². The molecule has 0 aliphatic carbocycles. The van der Waals surface area contributed by atoms with Gasteiger partial charge in [-0.05, 0) is 79.1 Å². The number of nitrogens with zero attached hydrogens (tertiary/aromatic N) is 2. The van der Waals surface area contributed by atoms with E-state index in [4.69, 9.17) is 14.7 Å². The molecule has 0 saturated carbocycles. The Kier molecular flexibility index (Phi) is 6.08. The second-order valence-corrected chi connectivity index (χ2v) is 8.43. The minimum atomic E-state index is -0.317. The summed E-state index contributed by atoms with van der Waals surface area (Å²) in [5.41, 5.74) is 11.2. The number of amides is 1. The van der Waals surface area contributed by atoms with Crippen LogP contribution >= 0.6 is 0 Å². The highest BCUT2D eigenvalue weighted by molar-refractivity contribution is 5.97. The molecule has 0 unspecified atom stereocenters. The molecule has 7 nitrogen and oxygen atoms in total. The van der Waals surface area contributed by atoms with Crippen molar-refractivity contribution in [1.82, 2.24) is 15.5 Å². The zero-order valence-electron chi connectivity index (χ0n) is 19.7. The molecule has 3 N–H and O–H groups in total. The SMILES string of the molecule is Cc1noc(C)c1-c1cc(-c2ccc(F)cc2)c2oc(CNC(=O)C=Cc3ccc(N)nc3)cc2c1. The Morgan fingerprint density at radius 2 is 1.89 bits per heavy atom.